The van der Waals surface area contributed by atoms with Crippen LogP contribution in [0.1, 0.15) is 32.0 Å². The second-order valence-electron chi connectivity index (χ2n) is 13.7. The summed E-state index contributed by atoms with van der Waals surface area (Å²) in [5.41, 5.74) is 12.2. The zero-order valence-corrected chi connectivity index (χ0v) is 33.0. The van der Waals surface area contributed by atoms with Gasteiger partial charge in [-0.15, -0.1) is 45.3 Å². The van der Waals surface area contributed by atoms with Crippen LogP contribution in [-0.2, 0) is 5.41 Å². The molecule has 0 saturated carbocycles. The number of thiophene rings is 4. The van der Waals surface area contributed by atoms with Crippen LogP contribution in [-0.4, -0.2) is 0 Å². The van der Waals surface area contributed by atoms with E-state index in [0.717, 1.165) is 29.9 Å². The zero-order valence-electron chi connectivity index (χ0n) is 29.8. The molecule has 4 aromatic carbocycles. The first-order chi connectivity index (χ1) is 28.0. The minimum Gasteiger partial charge on any atom is -0.192 e. The Hall–Kier alpha value is -6.88. The summed E-state index contributed by atoms with van der Waals surface area (Å²) in [6, 6.07) is 55.8. The van der Waals surface area contributed by atoms with Gasteiger partial charge < -0.3 is 0 Å². The van der Waals surface area contributed by atoms with Gasteiger partial charge in [-0.05, 0) is 128 Å². The summed E-state index contributed by atoms with van der Waals surface area (Å²) < 4.78 is 3.37. The molecule has 0 amide bonds. The first-order valence-electron chi connectivity index (χ1n) is 18.0. The van der Waals surface area contributed by atoms with Gasteiger partial charge in [0, 0.05) is 28.6 Å². The fraction of sp³-hybridized carbons (Fsp3) is 0.0204. The molecular formula is C49H24N4S4. The summed E-state index contributed by atoms with van der Waals surface area (Å²) in [6.07, 6.45) is 4.24. The molecule has 264 valence electrons. The normalized spacial score (nSPS) is 13.2. The van der Waals surface area contributed by atoms with Crippen LogP contribution in [0, 0.1) is 45.3 Å². The van der Waals surface area contributed by atoms with E-state index in [1.165, 1.54) is 76.9 Å². The van der Waals surface area contributed by atoms with Crippen LogP contribution in [0.25, 0.3) is 66.4 Å². The second kappa shape index (κ2) is 13.7. The van der Waals surface area contributed by atoms with E-state index < -0.39 is 5.41 Å². The fourth-order valence-electron chi connectivity index (χ4n) is 8.30. The van der Waals surface area contributed by atoms with E-state index in [9.17, 15) is 21.0 Å². The maximum absolute atomic E-state index is 9.33. The van der Waals surface area contributed by atoms with E-state index in [0.29, 0.717) is 9.06 Å². The maximum Gasteiger partial charge on any atom is 0.146 e. The Morgan fingerprint density at radius 3 is 1.28 bits per heavy atom. The highest BCUT2D eigenvalue weighted by Gasteiger charge is 2.51. The van der Waals surface area contributed by atoms with Crippen molar-refractivity contribution in [2.45, 2.75) is 5.41 Å². The highest BCUT2D eigenvalue weighted by Crippen LogP contribution is 2.63. The Labute approximate surface area is 343 Å². The topological polar surface area (TPSA) is 95.2 Å². The van der Waals surface area contributed by atoms with Crippen molar-refractivity contribution in [2.24, 2.45) is 0 Å². The Kier molecular flexibility index (Phi) is 8.32. The molecule has 4 aromatic heterocycles. The second-order valence-corrected chi connectivity index (χ2v) is 18.1. The minimum absolute atomic E-state index is 0.136. The van der Waals surface area contributed by atoms with Crippen molar-refractivity contribution in [3.63, 3.8) is 0 Å². The lowest BCUT2D eigenvalue weighted by molar-refractivity contribution is 0.794. The van der Waals surface area contributed by atoms with Crippen LogP contribution in [0.15, 0.2) is 133 Å². The van der Waals surface area contributed by atoms with Crippen LogP contribution in [0.3, 0.4) is 0 Å². The highest BCUT2D eigenvalue weighted by atomic mass is 32.1. The molecule has 2 aliphatic rings. The summed E-state index contributed by atoms with van der Waals surface area (Å²) in [6.45, 7) is 0. The molecule has 1 spiro atoms. The van der Waals surface area contributed by atoms with Crippen molar-refractivity contribution in [1.82, 2.24) is 0 Å². The number of benzene rings is 4. The van der Waals surface area contributed by atoms with Gasteiger partial charge in [-0.25, -0.2) is 0 Å². The molecule has 0 bridgehead atoms. The summed E-state index contributed by atoms with van der Waals surface area (Å²) in [4.78, 5) is 4.55. The molecular weight excluding hydrogens is 773 g/mol. The Balaban J connectivity index is 1.11. The van der Waals surface area contributed by atoms with Crippen LogP contribution in [0.5, 0.6) is 0 Å². The predicted octanol–water partition coefficient (Wildman–Crippen LogP) is 9.66. The van der Waals surface area contributed by atoms with Crippen molar-refractivity contribution in [1.29, 1.82) is 21.0 Å². The molecule has 0 atom stereocenters. The van der Waals surface area contributed by atoms with Gasteiger partial charge in [0.25, 0.3) is 0 Å². The van der Waals surface area contributed by atoms with Crippen LogP contribution >= 0.6 is 45.3 Å². The largest absolute Gasteiger partial charge is 0.192 e. The van der Waals surface area contributed by atoms with Gasteiger partial charge in [0.2, 0.25) is 0 Å². The SMILES string of the molecule is N#CC(C#N)=c1cc/c(=C\c2ccc(-c3ccc4c(c3)C3(c5ccccc5-c5ccccc53)c3cc(-c5ccc(/C=c6\ccc(=C(C#N)C#N)s6)s5)ccc3-4)s2)s1. The van der Waals surface area contributed by atoms with E-state index >= 15 is 0 Å². The van der Waals surface area contributed by atoms with E-state index in [2.05, 4.69) is 121 Å². The third-order valence-electron chi connectivity index (χ3n) is 10.7. The van der Waals surface area contributed by atoms with Crippen LogP contribution in [0.4, 0.5) is 0 Å². The Bertz CT molecular complexity index is 3170. The average molecular weight is 797 g/mol. The minimum atomic E-state index is -0.506. The predicted molar refractivity (Wildman–Crippen MR) is 233 cm³/mol. The first kappa shape index (κ1) is 34.6. The molecule has 0 radical (unpaired) electrons. The summed E-state index contributed by atoms with van der Waals surface area (Å²) in [5.74, 6) is 0. The lowest BCUT2D eigenvalue weighted by Gasteiger charge is -2.31. The number of nitriles is 4. The van der Waals surface area contributed by atoms with Gasteiger partial charge in [0.05, 0.1) is 14.5 Å². The van der Waals surface area contributed by atoms with E-state index in [-0.39, 0.29) is 11.1 Å². The number of rotatable bonds is 4. The number of nitrogens with zero attached hydrogens (tertiary/aromatic N) is 4. The van der Waals surface area contributed by atoms with Gasteiger partial charge in [0.1, 0.15) is 35.4 Å². The molecule has 0 fully saturated rings. The summed E-state index contributed by atoms with van der Waals surface area (Å²) in [5, 5.41) is 37.3. The molecule has 4 heterocycles. The average Bonchev–Trinajstić information content (AvgIpc) is 4.12. The Morgan fingerprint density at radius 2 is 0.842 bits per heavy atom. The van der Waals surface area contributed by atoms with Crippen molar-refractivity contribution in [3.8, 4) is 67.4 Å². The van der Waals surface area contributed by atoms with Crippen molar-refractivity contribution in [3.05, 3.63) is 184 Å². The van der Waals surface area contributed by atoms with Crippen molar-refractivity contribution >= 4 is 68.6 Å². The quantitative estimate of drug-likeness (QED) is 0.177. The molecule has 2 aliphatic carbocycles. The zero-order chi connectivity index (χ0) is 38.7. The highest BCUT2D eigenvalue weighted by molar-refractivity contribution is 7.17. The van der Waals surface area contributed by atoms with Gasteiger partial charge in [0.15, 0.2) is 0 Å². The molecule has 0 N–H and O–H groups in total. The maximum atomic E-state index is 9.33. The van der Waals surface area contributed by atoms with Gasteiger partial charge in [-0.1, -0.05) is 72.8 Å². The first-order valence-corrected chi connectivity index (χ1v) is 21.2. The van der Waals surface area contributed by atoms with E-state index in [1.54, 1.807) is 22.7 Å². The van der Waals surface area contributed by atoms with E-state index in [1.807, 2.05) is 48.5 Å². The molecule has 8 heteroatoms. The third kappa shape index (κ3) is 5.48. The van der Waals surface area contributed by atoms with Gasteiger partial charge in [-0.3, -0.25) is 0 Å². The number of hydrogen-bond acceptors (Lipinski definition) is 8. The molecule has 8 aromatic rings. The standard InChI is InChI=1S/C49H24N4S4/c50-25-31(26-51)47-19-13-35(56-47)23-33-11-17-45(54-33)29-9-15-39-40-16-10-30(46-18-12-34(55-46)24-36-14-20-48(57-36)32(27-52)28-53)22-44(40)49(43(39)21-29)41-7-3-1-5-37(41)38-6-2-4-8-42(38)49/h1-24H/b35-23+,36-24+. The molecule has 0 aliphatic heterocycles. The fourth-order valence-corrected chi connectivity index (χ4v) is 12.2. The smallest absolute Gasteiger partial charge is 0.146 e. The molecule has 4 nitrogen and oxygen atoms in total. The monoisotopic (exact) mass is 796 g/mol. The lowest BCUT2D eigenvalue weighted by atomic mass is 9.70. The van der Waals surface area contributed by atoms with E-state index in [4.69, 9.17) is 0 Å². The number of hydrogen-bond donors (Lipinski definition) is 0. The third-order valence-corrected chi connectivity index (χ3v) is 14.9. The number of fused-ring (bicyclic) bond motifs is 10. The molecule has 0 unspecified atom stereocenters. The summed E-state index contributed by atoms with van der Waals surface area (Å²) >= 11 is 6.37. The lowest BCUT2D eigenvalue weighted by Crippen LogP contribution is -2.26. The van der Waals surface area contributed by atoms with Crippen molar-refractivity contribution in [2.75, 3.05) is 0 Å². The van der Waals surface area contributed by atoms with Crippen LogP contribution < -0.4 is 18.1 Å². The molecule has 0 saturated heterocycles. The molecule has 10 rings (SSSR count). The van der Waals surface area contributed by atoms with Crippen molar-refractivity contribution < 1.29 is 0 Å². The van der Waals surface area contributed by atoms with Crippen LogP contribution in [0.2, 0.25) is 0 Å². The van der Waals surface area contributed by atoms with Gasteiger partial charge >= 0.3 is 0 Å². The van der Waals surface area contributed by atoms with Gasteiger partial charge in [-0.2, -0.15) is 21.0 Å². The Morgan fingerprint density at radius 1 is 0.421 bits per heavy atom. The summed E-state index contributed by atoms with van der Waals surface area (Å²) in [7, 11) is 0. The molecule has 57 heavy (non-hydrogen) atoms.